The van der Waals surface area contributed by atoms with Gasteiger partial charge in [-0.25, -0.2) is 18.1 Å². The van der Waals surface area contributed by atoms with Crippen molar-refractivity contribution in [1.29, 1.82) is 0 Å². The molecule has 0 bridgehead atoms. The summed E-state index contributed by atoms with van der Waals surface area (Å²) in [6.45, 7) is 4.53. The molecule has 0 aliphatic rings. The average Bonchev–Trinajstić information content (AvgIpc) is 2.83. The van der Waals surface area contributed by atoms with Gasteiger partial charge in [-0.1, -0.05) is 6.07 Å². The second-order valence-corrected chi connectivity index (χ2v) is 7.59. The summed E-state index contributed by atoms with van der Waals surface area (Å²) in [5.41, 5.74) is 1.81. The molecule has 0 aliphatic heterocycles. The molecule has 5 nitrogen and oxygen atoms in total. The van der Waals surface area contributed by atoms with E-state index in [1.54, 1.807) is 29.5 Å². The van der Waals surface area contributed by atoms with Crippen molar-refractivity contribution in [3.8, 4) is 0 Å². The molecule has 108 valence electrons. The van der Waals surface area contributed by atoms with Crippen molar-refractivity contribution >= 4 is 27.0 Å². The number of anilines is 1. The zero-order valence-electron chi connectivity index (χ0n) is 11.6. The fraction of sp³-hybridized carbons (Fsp3) is 0.308. The van der Waals surface area contributed by atoms with Gasteiger partial charge in [-0.15, -0.1) is 11.3 Å². The minimum Gasteiger partial charge on any atom is -0.380 e. The summed E-state index contributed by atoms with van der Waals surface area (Å²) in [5.74, 6) is 0. The molecular weight excluding hydrogens is 294 g/mol. The van der Waals surface area contributed by atoms with Crippen molar-refractivity contribution in [2.24, 2.45) is 0 Å². The third-order valence-corrected chi connectivity index (χ3v) is 5.24. The van der Waals surface area contributed by atoms with Crippen LogP contribution in [-0.2, 0) is 16.6 Å². The van der Waals surface area contributed by atoms with Crippen LogP contribution in [0.3, 0.4) is 0 Å². The van der Waals surface area contributed by atoms with Crippen LogP contribution in [-0.4, -0.2) is 20.4 Å². The molecule has 1 aromatic heterocycles. The van der Waals surface area contributed by atoms with E-state index in [-0.39, 0.29) is 4.90 Å². The Morgan fingerprint density at radius 2 is 2.05 bits per heavy atom. The van der Waals surface area contributed by atoms with Crippen LogP contribution >= 0.6 is 11.3 Å². The van der Waals surface area contributed by atoms with Gasteiger partial charge in [0, 0.05) is 16.8 Å². The summed E-state index contributed by atoms with van der Waals surface area (Å²) in [6, 6.07) is 5.04. The first-order chi connectivity index (χ1) is 9.42. The van der Waals surface area contributed by atoms with E-state index in [1.807, 2.05) is 20.0 Å². The van der Waals surface area contributed by atoms with Crippen molar-refractivity contribution in [3.05, 3.63) is 39.8 Å². The quantitative estimate of drug-likeness (QED) is 0.888. The lowest BCUT2D eigenvalue weighted by Gasteiger charge is -2.11. The van der Waals surface area contributed by atoms with Crippen LogP contribution in [0.25, 0.3) is 0 Å². The van der Waals surface area contributed by atoms with Crippen LogP contribution in [0.15, 0.2) is 29.3 Å². The summed E-state index contributed by atoms with van der Waals surface area (Å²) >= 11 is 1.62. The van der Waals surface area contributed by atoms with Crippen molar-refractivity contribution in [3.63, 3.8) is 0 Å². The number of benzene rings is 1. The van der Waals surface area contributed by atoms with Gasteiger partial charge in [0.1, 0.15) is 0 Å². The number of nitrogens with one attached hydrogen (secondary N) is 2. The molecule has 2 N–H and O–H groups in total. The predicted octanol–water partition coefficient (Wildman–Crippen LogP) is 2.28. The first-order valence-corrected chi connectivity index (χ1v) is 8.42. The molecule has 0 spiro atoms. The summed E-state index contributed by atoms with van der Waals surface area (Å²) in [7, 11) is -2.01. The Morgan fingerprint density at radius 3 is 2.65 bits per heavy atom. The number of thiazole rings is 1. The largest absolute Gasteiger partial charge is 0.380 e. The van der Waals surface area contributed by atoms with E-state index in [9.17, 15) is 8.42 Å². The fourth-order valence-corrected chi connectivity index (χ4v) is 3.24. The molecule has 0 saturated carbocycles. The Morgan fingerprint density at radius 1 is 1.30 bits per heavy atom. The van der Waals surface area contributed by atoms with Crippen molar-refractivity contribution in [2.45, 2.75) is 25.3 Å². The Kier molecular flexibility index (Phi) is 4.42. The normalized spacial score (nSPS) is 11.6. The minimum atomic E-state index is -3.42. The highest BCUT2D eigenvalue weighted by molar-refractivity contribution is 7.89. The summed E-state index contributed by atoms with van der Waals surface area (Å²) in [4.78, 5) is 5.57. The Balaban J connectivity index is 2.21. The number of nitrogens with zero attached hydrogens (tertiary/aromatic N) is 1. The average molecular weight is 311 g/mol. The smallest absolute Gasteiger partial charge is 0.240 e. The highest BCUT2D eigenvalue weighted by Crippen LogP contribution is 2.21. The standard InChI is InChI=1S/C13H17N3O2S2/c1-9-4-5-12(20(17,18)14-3)6-13(9)16-8-11-7-15-10(2)19-11/h4-7,14,16H,8H2,1-3H3. The van der Waals surface area contributed by atoms with Crippen LogP contribution in [0.2, 0.25) is 0 Å². The maximum atomic E-state index is 11.8. The zero-order valence-corrected chi connectivity index (χ0v) is 13.2. The van der Waals surface area contributed by atoms with E-state index in [2.05, 4.69) is 15.0 Å². The number of sulfonamides is 1. The maximum Gasteiger partial charge on any atom is 0.240 e. The summed E-state index contributed by atoms with van der Waals surface area (Å²) in [6.07, 6.45) is 1.83. The maximum absolute atomic E-state index is 11.8. The van der Waals surface area contributed by atoms with Crippen molar-refractivity contribution in [2.75, 3.05) is 12.4 Å². The second kappa shape index (κ2) is 5.90. The molecule has 0 amide bonds. The van der Waals surface area contributed by atoms with Gasteiger partial charge in [-0.3, -0.25) is 0 Å². The minimum absolute atomic E-state index is 0.258. The summed E-state index contributed by atoms with van der Waals surface area (Å²) in [5, 5.41) is 4.28. The van der Waals surface area contributed by atoms with Crippen LogP contribution in [0.1, 0.15) is 15.4 Å². The molecule has 0 radical (unpaired) electrons. The topological polar surface area (TPSA) is 71.1 Å². The molecule has 0 saturated heterocycles. The van der Waals surface area contributed by atoms with Gasteiger partial charge in [-0.2, -0.15) is 0 Å². The van der Waals surface area contributed by atoms with Gasteiger partial charge in [0.2, 0.25) is 10.0 Å². The molecule has 20 heavy (non-hydrogen) atoms. The van der Waals surface area contributed by atoms with Crippen LogP contribution < -0.4 is 10.0 Å². The molecule has 0 unspecified atom stereocenters. The number of aromatic nitrogens is 1. The van der Waals surface area contributed by atoms with Gasteiger partial charge in [0.25, 0.3) is 0 Å². The van der Waals surface area contributed by atoms with Gasteiger partial charge >= 0.3 is 0 Å². The van der Waals surface area contributed by atoms with Gasteiger partial charge in [0.15, 0.2) is 0 Å². The van der Waals surface area contributed by atoms with Crippen molar-refractivity contribution < 1.29 is 8.42 Å². The molecule has 2 aromatic rings. The molecule has 1 heterocycles. The number of hydrogen-bond donors (Lipinski definition) is 2. The molecule has 1 aromatic carbocycles. The van der Waals surface area contributed by atoms with E-state index in [4.69, 9.17) is 0 Å². The SMILES string of the molecule is CNS(=O)(=O)c1ccc(C)c(NCc2cnc(C)s2)c1. The van der Waals surface area contributed by atoms with E-state index in [0.717, 1.165) is 21.1 Å². The third kappa shape index (κ3) is 3.36. The lowest BCUT2D eigenvalue weighted by atomic mass is 10.2. The van der Waals surface area contributed by atoms with Crippen molar-refractivity contribution in [1.82, 2.24) is 9.71 Å². The number of rotatable bonds is 5. The lowest BCUT2D eigenvalue weighted by Crippen LogP contribution is -2.18. The number of aryl methyl sites for hydroxylation is 2. The van der Waals surface area contributed by atoms with Crippen LogP contribution in [0.5, 0.6) is 0 Å². The second-order valence-electron chi connectivity index (χ2n) is 4.38. The lowest BCUT2D eigenvalue weighted by molar-refractivity contribution is 0.588. The molecule has 0 atom stereocenters. The fourth-order valence-electron chi connectivity index (χ4n) is 1.75. The highest BCUT2D eigenvalue weighted by atomic mass is 32.2. The van der Waals surface area contributed by atoms with E-state index >= 15 is 0 Å². The van der Waals surface area contributed by atoms with Gasteiger partial charge < -0.3 is 5.32 Å². The highest BCUT2D eigenvalue weighted by Gasteiger charge is 2.12. The van der Waals surface area contributed by atoms with E-state index in [1.165, 1.54) is 7.05 Å². The van der Waals surface area contributed by atoms with E-state index in [0.29, 0.717) is 6.54 Å². The van der Waals surface area contributed by atoms with Gasteiger partial charge in [0.05, 0.1) is 16.4 Å². The molecule has 0 fully saturated rings. The summed E-state index contributed by atoms with van der Waals surface area (Å²) < 4.78 is 25.9. The van der Waals surface area contributed by atoms with E-state index < -0.39 is 10.0 Å². The monoisotopic (exact) mass is 311 g/mol. The van der Waals surface area contributed by atoms with Crippen LogP contribution in [0, 0.1) is 13.8 Å². The Hall–Kier alpha value is -1.44. The first-order valence-electron chi connectivity index (χ1n) is 6.12. The molecular formula is C13H17N3O2S2. The molecule has 0 aliphatic carbocycles. The first kappa shape index (κ1) is 15.0. The van der Waals surface area contributed by atoms with Gasteiger partial charge in [-0.05, 0) is 38.6 Å². The predicted molar refractivity (Wildman–Crippen MR) is 81.6 cm³/mol. The Bertz CT molecular complexity index is 708. The Labute approximate surface area is 123 Å². The third-order valence-electron chi connectivity index (χ3n) is 2.91. The molecule has 7 heteroatoms. The van der Waals surface area contributed by atoms with Crippen LogP contribution in [0.4, 0.5) is 5.69 Å². The molecule has 2 rings (SSSR count). The zero-order chi connectivity index (χ0) is 14.8. The number of hydrogen-bond acceptors (Lipinski definition) is 5.